The molecule has 1 heterocycles. The van der Waals surface area contributed by atoms with Crippen LogP contribution in [0, 0.1) is 11.6 Å². The van der Waals surface area contributed by atoms with Crippen LogP contribution in [-0.2, 0) is 4.79 Å². The highest BCUT2D eigenvalue weighted by Gasteiger charge is 2.17. The highest BCUT2D eigenvalue weighted by Crippen LogP contribution is 2.28. The van der Waals surface area contributed by atoms with Crippen LogP contribution in [0.15, 0.2) is 41.8 Å². The van der Waals surface area contributed by atoms with Gasteiger partial charge in [-0.3, -0.25) is 9.59 Å². The second kappa shape index (κ2) is 7.81. The molecule has 138 valence electrons. The van der Waals surface area contributed by atoms with Gasteiger partial charge in [0.1, 0.15) is 10.7 Å². The van der Waals surface area contributed by atoms with Crippen LogP contribution in [0.1, 0.15) is 17.4 Å². The highest BCUT2D eigenvalue weighted by atomic mass is 35.5. The minimum Gasteiger partial charge on any atom is -0.324 e. The fourth-order valence-corrected chi connectivity index (χ4v) is 3.16. The molecule has 0 bridgehead atoms. The fraction of sp³-hybridized carbons (Fsp3) is 0.0556. The molecular formula is C18H12ClF2N3O2S. The van der Waals surface area contributed by atoms with Gasteiger partial charge in [0.15, 0.2) is 11.6 Å². The zero-order valence-electron chi connectivity index (χ0n) is 13.8. The number of amides is 2. The van der Waals surface area contributed by atoms with Crippen LogP contribution in [0.2, 0.25) is 5.02 Å². The minimum atomic E-state index is -1.15. The predicted octanol–water partition coefficient (Wildman–Crippen LogP) is 4.95. The van der Waals surface area contributed by atoms with Crippen LogP contribution in [0.4, 0.5) is 20.2 Å². The number of thiazole rings is 1. The summed E-state index contributed by atoms with van der Waals surface area (Å²) in [6.45, 7) is 1.21. The predicted molar refractivity (Wildman–Crippen MR) is 101 cm³/mol. The Morgan fingerprint density at radius 1 is 1.04 bits per heavy atom. The largest absolute Gasteiger partial charge is 0.324 e. The van der Waals surface area contributed by atoms with E-state index in [1.54, 1.807) is 24.3 Å². The third-order valence-corrected chi connectivity index (χ3v) is 4.59. The molecule has 3 rings (SSSR count). The van der Waals surface area contributed by atoms with Crippen LogP contribution >= 0.6 is 22.9 Å². The molecule has 2 aromatic carbocycles. The van der Waals surface area contributed by atoms with E-state index in [0.717, 1.165) is 17.7 Å². The molecule has 0 saturated heterocycles. The van der Waals surface area contributed by atoms with Crippen molar-refractivity contribution in [2.24, 2.45) is 0 Å². The van der Waals surface area contributed by atoms with Gasteiger partial charge in [-0.05, 0) is 12.1 Å². The van der Waals surface area contributed by atoms with Gasteiger partial charge in [0.25, 0.3) is 5.91 Å². The van der Waals surface area contributed by atoms with Gasteiger partial charge in [-0.25, -0.2) is 13.8 Å². The van der Waals surface area contributed by atoms with E-state index in [1.807, 2.05) is 0 Å². The Bertz CT molecular complexity index is 1020. The molecule has 0 aliphatic heterocycles. The third kappa shape index (κ3) is 4.47. The number of rotatable bonds is 4. The van der Waals surface area contributed by atoms with Crippen LogP contribution < -0.4 is 10.6 Å². The van der Waals surface area contributed by atoms with E-state index in [1.165, 1.54) is 23.6 Å². The number of hydrogen-bond acceptors (Lipinski definition) is 4. The fourth-order valence-electron chi connectivity index (χ4n) is 2.23. The Hall–Kier alpha value is -2.84. The molecule has 2 amide bonds. The maximum absolute atomic E-state index is 13.5. The van der Waals surface area contributed by atoms with Gasteiger partial charge in [0.05, 0.1) is 11.4 Å². The van der Waals surface area contributed by atoms with E-state index in [-0.39, 0.29) is 17.1 Å². The van der Waals surface area contributed by atoms with Gasteiger partial charge in [-0.1, -0.05) is 23.7 Å². The number of halogens is 3. The second-order valence-electron chi connectivity index (χ2n) is 5.49. The molecule has 0 atom stereocenters. The van der Waals surface area contributed by atoms with Crippen molar-refractivity contribution in [3.05, 3.63) is 64.1 Å². The van der Waals surface area contributed by atoms with Crippen molar-refractivity contribution in [2.45, 2.75) is 6.92 Å². The summed E-state index contributed by atoms with van der Waals surface area (Å²) in [5, 5.41) is 7.50. The van der Waals surface area contributed by atoms with Crippen molar-refractivity contribution in [2.75, 3.05) is 10.6 Å². The van der Waals surface area contributed by atoms with E-state index in [9.17, 15) is 18.4 Å². The average Bonchev–Trinajstić information content (AvgIpc) is 3.09. The molecule has 0 unspecified atom stereocenters. The number of nitrogens with one attached hydrogen (secondary N) is 2. The van der Waals surface area contributed by atoms with Crippen molar-refractivity contribution >= 4 is 46.1 Å². The average molecular weight is 408 g/mol. The van der Waals surface area contributed by atoms with Gasteiger partial charge in [0, 0.05) is 35.0 Å². The monoisotopic (exact) mass is 407 g/mol. The summed E-state index contributed by atoms with van der Waals surface area (Å²) in [7, 11) is 0. The van der Waals surface area contributed by atoms with E-state index >= 15 is 0 Å². The summed E-state index contributed by atoms with van der Waals surface area (Å²) in [4.78, 5) is 27.9. The number of nitrogens with zero attached hydrogens (tertiary/aromatic N) is 1. The van der Waals surface area contributed by atoms with Crippen molar-refractivity contribution < 1.29 is 18.4 Å². The van der Waals surface area contributed by atoms with E-state index < -0.39 is 23.4 Å². The first-order valence-corrected chi connectivity index (χ1v) is 8.88. The summed E-state index contributed by atoms with van der Waals surface area (Å²) in [5.74, 6) is -3.41. The Morgan fingerprint density at radius 3 is 2.22 bits per heavy atom. The van der Waals surface area contributed by atoms with Crippen molar-refractivity contribution in [1.29, 1.82) is 0 Å². The molecule has 1 aromatic heterocycles. The maximum Gasteiger partial charge on any atom is 0.275 e. The standard InChI is InChI=1S/C18H12ClF2N3O2S/c1-9(25)22-14-6-12(20)13(21)7-15(14)23-17(26)16-8-27-18(24-16)10-2-4-11(19)5-3-10/h2-8H,1H3,(H,22,25)(H,23,26). The number of benzene rings is 2. The Balaban J connectivity index is 1.84. The van der Waals surface area contributed by atoms with Crippen molar-refractivity contribution in [3.63, 3.8) is 0 Å². The second-order valence-corrected chi connectivity index (χ2v) is 6.79. The first-order valence-electron chi connectivity index (χ1n) is 7.63. The van der Waals surface area contributed by atoms with Gasteiger partial charge in [0.2, 0.25) is 5.91 Å². The quantitative estimate of drug-likeness (QED) is 0.642. The minimum absolute atomic E-state index is 0.0529. The third-order valence-electron chi connectivity index (χ3n) is 3.45. The summed E-state index contributed by atoms with van der Waals surface area (Å²) < 4.78 is 27.0. The lowest BCUT2D eigenvalue weighted by Gasteiger charge is -2.11. The van der Waals surface area contributed by atoms with E-state index in [0.29, 0.717) is 10.0 Å². The molecule has 0 saturated carbocycles. The van der Waals surface area contributed by atoms with Gasteiger partial charge in [-0.15, -0.1) is 11.3 Å². The topological polar surface area (TPSA) is 71.1 Å². The Morgan fingerprint density at radius 2 is 1.63 bits per heavy atom. The molecule has 0 aliphatic carbocycles. The number of carbonyl (C=O) groups excluding carboxylic acids is 2. The van der Waals surface area contributed by atoms with E-state index in [4.69, 9.17) is 11.6 Å². The number of carbonyl (C=O) groups is 2. The van der Waals surface area contributed by atoms with Crippen LogP contribution in [-0.4, -0.2) is 16.8 Å². The zero-order valence-corrected chi connectivity index (χ0v) is 15.4. The first-order chi connectivity index (χ1) is 12.8. The van der Waals surface area contributed by atoms with Crippen LogP contribution in [0.3, 0.4) is 0 Å². The summed E-state index contributed by atoms with van der Waals surface area (Å²) in [6.07, 6.45) is 0. The lowest BCUT2D eigenvalue weighted by atomic mass is 10.2. The highest BCUT2D eigenvalue weighted by molar-refractivity contribution is 7.13. The van der Waals surface area contributed by atoms with Crippen molar-refractivity contribution in [3.8, 4) is 10.6 Å². The molecule has 3 aromatic rings. The zero-order chi connectivity index (χ0) is 19.6. The van der Waals surface area contributed by atoms with Gasteiger partial charge >= 0.3 is 0 Å². The molecule has 0 fully saturated rings. The molecular weight excluding hydrogens is 396 g/mol. The molecule has 9 heteroatoms. The molecule has 5 nitrogen and oxygen atoms in total. The summed E-state index contributed by atoms with van der Waals surface area (Å²) >= 11 is 7.10. The first kappa shape index (κ1) is 18.9. The smallest absolute Gasteiger partial charge is 0.275 e. The summed E-state index contributed by atoms with van der Waals surface area (Å²) in [6, 6.07) is 8.55. The molecule has 2 N–H and O–H groups in total. The lowest BCUT2D eigenvalue weighted by molar-refractivity contribution is -0.114. The molecule has 27 heavy (non-hydrogen) atoms. The Labute approximate surface area is 162 Å². The number of hydrogen-bond donors (Lipinski definition) is 2. The van der Waals surface area contributed by atoms with E-state index in [2.05, 4.69) is 15.6 Å². The number of aromatic nitrogens is 1. The SMILES string of the molecule is CC(=O)Nc1cc(F)c(F)cc1NC(=O)c1csc(-c2ccc(Cl)cc2)n1. The lowest BCUT2D eigenvalue weighted by Crippen LogP contribution is -2.16. The molecule has 0 aliphatic rings. The molecule has 0 spiro atoms. The Kier molecular flexibility index (Phi) is 5.48. The van der Waals surface area contributed by atoms with Crippen molar-refractivity contribution in [1.82, 2.24) is 4.98 Å². The van der Waals surface area contributed by atoms with Crippen LogP contribution in [0.5, 0.6) is 0 Å². The number of anilines is 2. The summed E-state index contributed by atoms with van der Waals surface area (Å²) in [5.41, 5.74) is 0.761. The normalized spacial score (nSPS) is 10.5. The maximum atomic E-state index is 13.5. The van der Waals surface area contributed by atoms with Crippen LogP contribution in [0.25, 0.3) is 10.6 Å². The molecule has 0 radical (unpaired) electrons. The van der Waals surface area contributed by atoms with Gasteiger partial charge < -0.3 is 10.6 Å². The van der Waals surface area contributed by atoms with Gasteiger partial charge in [-0.2, -0.15) is 0 Å².